The molecule has 6 heteroatoms. The van der Waals surface area contributed by atoms with Crippen molar-refractivity contribution < 1.29 is 29.6 Å². The van der Waals surface area contributed by atoms with Crippen molar-refractivity contribution in [2.24, 2.45) is 11.3 Å². The van der Waals surface area contributed by atoms with Crippen molar-refractivity contribution in [1.82, 2.24) is 0 Å². The predicted molar refractivity (Wildman–Crippen MR) is 90.9 cm³/mol. The van der Waals surface area contributed by atoms with Gasteiger partial charge in [-0.25, -0.2) is 0 Å². The van der Waals surface area contributed by atoms with E-state index in [0.717, 1.165) is 5.56 Å². The normalized spacial score (nSPS) is 34.2. The lowest BCUT2D eigenvalue weighted by atomic mass is 9.64. The van der Waals surface area contributed by atoms with Crippen LogP contribution in [0.3, 0.4) is 0 Å². The van der Waals surface area contributed by atoms with Crippen LogP contribution >= 0.6 is 0 Å². The highest BCUT2D eigenvalue weighted by atomic mass is 16.5. The van der Waals surface area contributed by atoms with Crippen molar-refractivity contribution in [3.05, 3.63) is 34.9 Å². The Labute approximate surface area is 146 Å². The van der Waals surface area contributed by atoms with Crippen molar-refractivity contribution >= 4 is 5.97 Å². The van der Waals surface area contributed by atoms with Crippen LogP contribution in [0.4, 0.5) is 0 Å². The summed E-state index contributed by atoms with van der Waals surface area (Å²) in [7, 11) is 3.07. The highest BCUT2D eigenvalue weighted by Crippen LogP contribution is 2.61. The van der Waals surface area contributed by atoms with Gasteiger partial charge < -0.3 is 24.8 Å². The average molecular weight is 348 g/mol. The number of ether oxygens (including phenoxy) is 2. The zero-order valence-corrected chi connectivity index (χ0v) is 14.8. The number of carboxylic acid groups (broad SMARTS) is 1. The van der Waals surface area contributed by atoms with Crippen LogP contribution in [0.2, 0.25) is 0 Å². The molecular formula is C19H24O6. The maximum absolute atomic E-state index is 12.4. The Morgan fingerprint density at radius 1 is 1.12 bits per heavy atom. The lowest BCUT2D eigenvalue weighted by Crippen LogP contribution is -2.50. The van der Waals surface area contributed by atoms with Gasteiger partial charge >= 0.3 is 5.97 Å². The molecule has 5 atom stereocenters. The van der Waals surface area contributed by atoms with Gasteiger partial charge in [0, 0.05) is 17.9 Å². The first-order chi connectivity index (χ1) is 11.8. The summed E-state index contributed by atoms with van der Waals surface area (Å²) < 4.78 is 10.6. The fourth-order valence-corrected chi connectivity index (χ4v) is 4.65. The summed E-state index contributed by atoms with van der Waals surface area (Å²) in [5.41, 5.74) is 0.433. The molecule has 0 aromatic heterocycles. The van der Waals surface area contributed by atoms with Gasteiger partial charge in [0.1, 0.15) is 16.9 Å². The molecule has 1 fully saturated rings. The molecule has 1 aromatic carbocycles. The van der Waals surface area contributed by atoms with Crippen molar-refractivity contribution in [2.45, 2.75) is 38.4 Å². The van der Waals surface area contributed by atoms with Crippen molar-refractivity contribution in [1.29, 1.82) is 0 Å². The van der Waals surface area contributed by atoms with Gasteiger partial charge in [-0.1, -0.05) is 5.57 Å². The molecule has 25 heavy (non-hydrogen) atoms. The highest BCUT2D eigenvalue weighted by Gasteiger charge is 2.65. The van der Waals surface area contributed by atoms with Crippen LogP contribution in [0.5, 0.6) is 11.5 Å². The summed E-state index contributed by atoms with van der Waals surface area (Å²) in [6, 6.07) is 5.28. The van der Waals surface area contributed by atoms with Gasteiger partial charge in [0.15, 0.2) is 0 Å². The number of hydrogen-bond donors (Lipinski definition) is 3. The third-order valence-corrected chi connectivity index (χ3v) is 6.12. The van der Waals surface area contributed by atoms with E-state index in [0.29, 0.717) is 29.1 Å². The molecule has 0 amide bonds. The molecule has 6 nitrogen and oxygen atoms in total. The Morgan fingerprint density at radius 2 is 1.68 bits per heavy atom. The Hall–Kier alpha value is -2.05. The molecular weight excluding hydrogens is 324 g/mol. The van der Waals surface area contributed by atoms with Gasteiger partial charge in [-0.2, -0.15) is 0 Å². The maximum atomic E-state index is 12.4. The molecule has 0 saturated heterocycles. The second-order valence-electron chi connectivity index (χ2n) is 6.97. The first-order valence-corrected chi connectivity index (χ1v) is 8.29. The van der Waals surface area contributed by atoms with Gasteiger partial charge in [0.2, 0.25) is 0 Å². The minimum Gasteiger partial charge on any atom is -0.497 e. The van der Waals surface area contributed by atoms with Crippen LogP contribution in [-0.2, 0) is 4.79 Å². The SMILES string of the molecule is COc1cc(OC)cc(C2CC3C(O)C(C)=C(C)C2(C(=O)O)C3O)c1. The van der Waals surface area contributed by atoms with Gasteiger partial charge in [-0.3, -0.25) is 4.79 Å². The fraction of sp³-hybridized carbons (Fsp3) is 0.526. The van der Waals surface area contributed by atoms with E-state index >= 15 is 0 Å². The highest BCUT2D eigenvalue weighted by molar-refractivity contribution is 5.83. The second-order valence-corrected chi connectivity index (χ2v) is 6.97. The molecule has 2 aliphatic carbocycles. The number of benzene rings is 1. The van der Waals surface area contributed by atoms with Gasteiger partial charge in [0.05, 0.1) is 26.4 Å². The van der Waals surface area contributed by atoms with Crippen LogP contribution in [0.25, 0.3) is 0 Å². The van der Waals surface area contributed by atoms with E-state index in [1.807, 2.05) is 0 Å². The Bertz CT molecular complexity index is 717. The van der Waals surface area contributed by atoms with E-state index < -0.39 is 35.4 Å². The lowest BCUT2D eigenvalue weighted by Gasteiger charge is -2.41. The minimum atomic E-state index is -1.45. The molecule has 0 spiro atoms. The van der Waals surface area contributed by atoms with Crippen LogP contribution in [0.1, 0.15) is 31.7 Å². The van der Waals surface area contributed by atoms with E-state index in [1.54, 1.807) is 32.0 Å². The summed E-state index contributed by atoms with van der Waals surface area (Å²) in [6.07, 6.45) is -1.61. The molecule has 2 bridgehead atoms. The quantitative estimate of drug-likeness (QED) is 0.720. The molecule has 1 aromatic rings. The number of aliphatic hydroxyl groups is 2. The number of aliphatic hydroxyl groups excluding tert-OH is 2. The van der Waals surface area contributed by atoms with Crippen molar-refractivity contribution in [2.75, 3.05) is 14.2 Å². The Morgan fingerprint density at radius 3 is 2.16 bits per heavy atom. The molecule has 0 aliphatic heterocycles. The summed E-state index contributed by atoms with van der Waals surface area (Å²) >= 11 is 0. The lowest BCUT2D eigenvalue weighted by molar-refractivity contribution is -0.155. The van der Waals surface area contributed by atoms with Gasteiger partial charge in [0.25, 0.3) is 0 Å². The predicted octanol–water partition coefficient (Wildman–Crippen LogP) is 1.95. The Kier molecular flexibility index (Phi) is 4.29. The number of carbonyl (C=O) groups is 1. The van der Waals surface area contributed by atoms with E-state index in [4.69, 9.17) is 9.47 Å². The van der Waals surface area contributed by atoms with E-state index in [2.05, 4.69) is 0 Å². The molecule has 0 heterocycles. The number of carboxylic acids is 1. The number of aliphatic carboxylic acids is 1. The number of methoxy groups -OCH3 is 2. The number of rotatable bonds is 4. The molecule has 136 valence electrons. The first-order valence-electron chi connectivity index (χ1n) is 8.29. The van der Waals surface area contributed by atoms with E-state index in [1.165, 1.54) is 14.2 Å². The monoisotopic (exact) mass is 348 g/mol. The van der Waals surface area contributed by atoms with E-state index in [9.17, 15) is 20.1 Å². The van der Waals surface area contributed by atoms with Gasteiger partial charge in [-0.05, 0) is 43.5 Å². The third-order valence-electron chi connectivity index (χ3n) is 6.12. The topological polar surface area (TPSA) is 96.2 Å². The molecule has 5 unspecified atom stereocenters. The van der Waals surface area contributed by atoms with Crippen LogP contribution in [0.15, 0.2) is 29.3 Å². The molecule has 0 radical (unpaired) electrons. The summed E-state index contributed by atoms with van der Waals surface area (Å²) in [6.45, 7) is 3.44. The number of fused-ring (bicyclic) bond motifs is 2. The Balaban J connectivity index is 2.23. The van der Waals surface area contributed by atoms with Crippen LogP contribution < -0.4 is 9.47 Å². The molecule has 1 saturated carbocycles. The largest absolute Gasteiger partial charge is 0.497 e. The smallest absolute Gasteiger partial charge is 0.317 e. The van der Waals surface area contributed by atoms with Crippen molar-refractivity contribution in [3.8, 4) is 11.5 Å². The van der Waals surface area contributed by atoms with Crippen molar-refractivity contribution in [3.63, 3.8) is 0 Å². The molecule has 2 aliphatic rings. The molecule has 3 N–H and O–H groups in total. The number of hydrogen-bond acceptors (Lipinski definition) is 5. The van der Waals surface area contributed by atoms with Crippen LogP contribution in [-0.4, -0.2) is 47.7 Å². The average Bonchev–Trinajstić information content (AvgIpc) is 2.88. The minimum absolute atomic E-state index is 0.375. The van der Waals surface area contributed by atoms with Gasteiger partial charge in [-0.15, -0.1) is 0 Å². The zero-order chi connectivity index (χ0) is 18.5. The summed E-state index contributed by atoms with van der Waals surface area (Å²) in [5, 5.41) is 31.4. The zero-order valence-electron chi connectivity index (χ0n) is 14.8. The summed E-state index contributed by atoms with van der Waals surface area (Å²) in [5.74, 6) is -0.949. The van der Waals surface area contributed by atoms with Crippen LogP contribution in [0, 0.1) is 11.3 Å². The first kappa shape index (κ1) is 17.8. The summed E-state index contributed by atoms with van der Waals surface area (Å²) in [4.78, 5) is 12.4. The molecule has 3 rings (SSSR count). The third kappa shape index (κ3) is 2.28. The fourth-order valence-electron chi connectivity index (χ4n) is 4.65. The standard InChI is InChI=1S/C19H24O6/c1-9-10(2)19(18(22)23)15(8-14(16(9)20)17(19)21)11-5-12(24-3)7-13(6-11)25-4/h5-7,14-17,20-21H,8H2,1-4H3,(H,22,23). The second kappa shape index (κ2) is 6.04. The van der Waals surface area contributed by atoms with E-state index in [-0.39, 0.29) is 0 Å². The maximum Gasteiger partial charge on any atom is 0.317 e.